The van der Waals surface area contributed by atoms with Crippen molar-refractivity contribution >= 4 is 84.5 Å². The monoisotopic (exact) mass is 772 g/mol. The lowest BCUT2D eigenvalue weighted by molar-refractivity contribution is 0.332. The van der Waals surface area contributed by atoms with Gasteiger partial charge in [0.25, 0.3) is 0 Å². The van der Waals surface area contributed by atoms with E-state index >= 15 is 0 Å². The number of nitrogens with zero attached hydrogens (tertiary/aromatic N) is 1. The second-order valence-electron chi connectivity index (χ2n) is 21.0. The summed E-state index contributed by atoms with van der Waals surface area (Å²) in [5.41, 5.74) is 19.0. The first kappa shape index (κ1) is 36.4. The van der Waals surface area contributed by atoms with Crippen LogP contribution in [0.5, 0.6) is 0 Å². The molecule has 5 heteroatoms. The molecule has 0 atom stereocenters. The van der Waals surface area contributed by atoms with Crippen LogP contribution in [0.1, 0.15) is 104 Å². The SMILES string of the molecule is CC(C)(C)c1ccc(Nc2cc3c(cc2-c2ccc4c5cc6c(cc5n5c4c2Bc2oc4ccc(C(C)(C)C)cc4c2-5)oc2ccccc26)C(C)(C)CCC3(C)C)cc1. The third-order valence-corrected chi connectivity index (χ3v) is 14.0. The lowest BCUT2D eigenvalue weighted by atomic mass is 9.60. The average molecular weight is 773 g/mol. The summed E-state index contributed by atoms with van der Waals surface area (Å²) in [6.45, 7) is 23.4. The van der Waals surface area contributed by atoms with Crippen LogP contribution in [-0.4, -0.2) is 11.8 Å². The summed E-state index contributed by atoms with van der Waals surface area (Å²) in [7, 11) is 0.697. The van der Waals surface area contributed by atoms with E-state index in [0.29, 0.717) is 7.28 Å². The zero-order valence-corrected chi connectivity index (χ0v) is 36.2. The number of nitrogens with one attached hydrogen (secondary N) is 1. The van der Waals surface area contributed by atoms with Gasteiger partial charge in [-0.25, -0.2) is 0 Å². The molecule has 0 bridgehead atoms. The van der Waals surface area contributed by atoms with Gasteiger partial charge >= 0.3 is 0 Å². The van der Waals surface area contributed by atoms with Gasteiger partial charge in [0.2, 0.25) is 7.28 Å². The van der Waals surface area contributed by atoms with Crippen LogP contribution in [0.3, 0.4) is 0 Å². The van der Waals surface area contributed by atoms with Crippen LogP contribution in [0.25, 0.3) is 71.5 Å². The van der Waals surface area contributed by atoms with Gasteiger partial charge in [-0.05, 0) is 116 Å². The van der Waals surface area contributed by atoms with Gasteiger partial charge in [-0.2, -0.15) is 0 Å². The molecule has 0 saturated carbocycles. The third-order valence-electron chi connectivity index (χ3n) is 14.0. The topological polar surface area (TPSA) is 43.2 Å². The van der Waals surface area contributed by atoms with E-state index in [9.17, 15) is 0 Å². The number of hydrogen-bond acceptors (Lipinski definition) is 3. The first-order valence-corrected chi connectivity index (χ1v) is 21.5. The van der Waals surface area contributed by atoms with Crippen molar-refractivity contribution in [2.45, 2.75) is 104 Å². The van der Waals surface area contributed by atoms with E-state index < -0.39 is 0 Å². The zero-order chi connectivity index (χ0) is 41.0. The van der Waals surface area contributed by atoms with Gasteiger partial charge in [-0.15, -0.1) is 0 Å². The van der Waals surface area contributed by atoms with Crippen molar-refractivity contribution in [1.82, 2.24) is 4.57 Å². The fourth-order valence-corrected chi connectivity index (χ4v) is 10.3. The van der Waals surface area contributed by atoms with Crippen LogP contribution in [0.2, 0.25) is 0 Å². The molecule has 4 heterocycles. The minimum Gasteiger partial charge on any atom is -0.469 e. The molecule has 3 aromatic heterocycles. The Balaban J connectivity index is 1.22. The lowest BCUT2D eigenvalue weighted by Gasteiger charge is -2.42. The normalized spacial score (nSPS) is 15.9. The van der Waals surface area contributed by atoms with Gasteiger partial charge in [-0.1, -0.05) is 118 Å². The molecule has 4 nitrogen and oxygen atoms in total. The first-order valence-electron chi connectivity index (χ1n) is 21.5. The average Bonchev–Trinajstić information content (AvgIpc) is 3.84. The molecule has 59 heavy (non-hydrogen) atoms. The molecule has 1 aliphatic carbocycles. The van der Waals surface area contributed by atoms with Gasteiger partial charge in [0, 0.05) is 55.5 Å². The fraction of sp³-hybridized carbons (Fsp3) is 0.296. The first-order chi connectivity index (χ1) is 28.0. The number of para-hydroxylation sites is 1. The molecule has 6 aromatic carbocycles. The Morgan fingerprint density at radius 2 is 1.25 bits per heavy atom. The Morgan fingerprint density at radius 1 is 0.576 bits per heavy atom. The maximum atomic E-state index is 6.95. The number of benzene rings is 6. The minimum absolute atomic E-state index is 0.00212. The van der Waals surface area contributed by atoms with Gasteiger partial charge in [0.1, 0.15) is 16.7 Å². The molecule has 0 radical (unpaired) electrons. The molecule has 11 rings (SSSR count). The highest BCUT2D eigenvalue weighted by Crippen LogP contribution is 2.50. The second kappa shape index (κ2) is 12.0. The smallest absolute Gasteiger partial charge is 0.244 e. The van der Waals surface area contributed by atoms with Crippen molar-refractivity contribution < 1.29 is 8.83 Å². The summed E-state index contributed by atoms with van der Waals surface area (Å²) < 4.78 is 16.0. The number of anilines is 2. The van der Waals surface area contributed by atoms with Crippen molar-refractivity contribution in [3.05, 3.63) is 125 Å². The summed E-state index contributed by atoms with van der Waals surface area (Å²) in [5, 5.41) is 9.91. The maximum absolute atomic E-state index is 6.95. The molecule has 294 valence electrons. The van der Waals surface area contributed by atoms with E-state index in [4.69, 9.17) is 8.83 Å². The summed E-state index contributed by atoms with van der Waals surface area (Å²) in [6.07, 6.45) is 2.32. The van der Waals surface area contributed by atoms with Crippen molar-refractivity contribution in [3.8, 4) is 16.8 Å². The molecule has 2 aliphatic rings. The molecule has 9 aromatic rings. The highest BCUT2D eigenvalue weighted by molar-refractivity contribution is 6.73. The van der Waals surface area contributed by atoms with Crippen LogP contribution in [0, 0.1) is 0 Å². The predicted molar refractivity (Wildman–Crippen MR) is 252 cm³/mol. The maximum Gasteiger partial charge on any atom is 0.244 e. The Kier molecular flexibility index (Phi) is 7.38. The molecule has 1 aliphatic heterocycles. The quantitative estimate of drug-likeness (QED) is 0.182. The van der Waals surface area contributed by atoms with Gasteiger partial charge in [0.05, 0.1) is 16.9 Å². The van der Waals surface area contributed by atoms with Crippen LogP contribution in [0.15, 0.2) is 112 Å². The highest BCUT2D eigenvalue weighted by atomic mass is 16.3. The Labute approximate surface area is 347 Å². The standard InChI is InChI=1S/C54H53BN2O2/c1-51(2,3)30-15-18-32(19-16-30)56-42-28-41-40(53(7,8)23-24-54(41,9)10)27-36(42)34-20-21-35-37-26-38-33-13-11-12-14-44(33)58-46(38)29-43(37)57-48(35)47(34)55-50-49(57)39-25-31(52(4,5)6)17-22-45(39)59-50/h11-22,25-29,55-56H,23-24H2,1-10H3. The van der Waals surface area contributed by atoms with Gasteiger partial charge < -0.3 is 18.7 Å². The number of furan rings is 2. The molecule has 1 N–H and O–H groups in total. The van der Waals surface area contributed by atoms with Crippen molar-refractivity contribution in [3.63, 3.8) is 0 Å². The Bertz CT molecular complexity index is 3230. The van der Waals surface area contributed by atoms with Gasteiger partial charge in [0.15, 0.2) is 0 Å². The molecular weight excluding hydrogens is 719 g/mol. The number of hydrogen-bond donors (Lipinski definition) is 1. The summed E-state index contributed by atoms with van der Waals surface area (Å²) >= 11 is 0. The van der Waals surface area contributed by atoms with Crippen LogP contribution in [0.4, 0.5) is 11.4 Å². The predicted octanol–water partition coefficient (Wildman–Crippen LogP) is 13.5. The van der Waals surface area contributed by atoms with Crippen molar-refractivity contribution in [2.24, 2.45) is 0 Å². The Morgan fingerprint density at radius 3 is 1.98 bits per heavy atom. The van der Waals surface area contributed by atoms with E-state index in [1.165, 1.54) is 55.1 Å². The summed E-state index contributed by atoms with van der Waals surface area (Å²) in [4.78, 5) is 0. The zero-order valence-electron chi connectivity index (χ0n) is 36.2. The highest BCUT2D eigenvalue weighted by Gasteiger charge is 2.39. The van der Waals surface area contributed by atoms with E-state index in [1.807, 2.05) is 0 Å². The third kappa shape index (κ3) is 5.42. The number of aromatic nitrogens is 1. The lowest BCUT2D eigenvalue weighted by Crippen LogP contribution is -2.36. The molecule has 0 amide bonds. The summed E-state index contributed by atoms with van der Waals surface area (Å²) in [5.74, 6) is 0. The molecular formula is C54H53BN2O2. The van der Waals surface area contributed by atoms with Gasteiger partial charge in [-0.3, -0.25) is 0 Å². The van der Waals surface area contributed by atoms with Crippen molar-refractivity contribution in [1.29, 1.82) is 0 Å². The fourth-order valence-electron chi connectivity index (χ4n) is 10.3. The largest absolute Gasteiger partial charge is 0.469 e. The molecule has 0 spiro atoms. The van der Waals surface area contributed by atoms with E-state index in [-0.39, 0.29) is 21.7 Å². The molecule has 0 saturated heterocycles. The minimum atomic E-state index is -0.00212. The van der Waals surface area contributed by atoms with E-state index in [2.05, 4.69) is 182 Å². The van der Waals surface area contributed by atoms with Crippen LogP contribution >= 0.6 is 0 Å². The van der Waals surface area contributed by atoms with E-state index in [0.717, 1.165) is 74.0 Å². The number of fused-ring (bicyclic) bond motifs is 11. The Hall–Kier alpha value is -5.68. The summed E-state index contributed by atoms with van der Waals surface area (Å²) in [6, 6.07) is 38.6. The van der Waals surface area contributed by atoms with Crippen molar-refractivity contribution in [2.75, 3.05) is 5.32 Å². The van der Waals surface area contributed by atoms with Crippen LogP contribution < -0.4 is 16.4 Å². The molecule has 0 fully saturated rings. The van der Waals surface area contributed by atoms with E-state index in [1.54, 1.807) is 0 Å². The number of rotatable bonds is 3. The van der Waals surface area contributed by atoms with Crippen LogP contribution in [-0.2, 0) is 21.7 Å². The molecule has 0 unspecified atom stereocenters. The second-order valence-corrected chi connectivity index (χ2v) is 21.0.